The Morgan fingerprint density at radius 2 is 1.92 bits per heavy atom. The minimum atomic E-state index is -3.41. The Labute approximate surface area is 81.8 Å². The summed E-state index contributed by atoms with van der Waals surface area (Å²) in [5, 5.41) is 0. The molecule has 0 aliphatic heterocycles. The zero-order chi connectivity index (χ0) is 9.45. The topological polar surface area (TPSA) is 46.5 Å². The lowest BCUT2D eigenvalue weighted by Crippen LogP contribution is -1.89. The van der Waals surface area contributed by atoms with E-state index in [9.17, 15) is 4.57 Å². The van der Waals surface area contributed by atoms with Crippen molar-refractivity contribution in [2.75, 3.05) is 6.61 Å². The first-order chi connectivity index (χ1) is 5.56. The van der Waals surface area contributed by atoms with Crippen molar-refractivity contribution in [1.29, 1.82) is 0 Å². The number of halogens is 1. The molecular weight excluding hydrogens is 243 g/mol. The van der Waals surface area contributed by atoms with Crippen LogP contribution in [-0.2, 0) is 9.09 Å². The highest BCUT2D eigenvalue weighted by Gasteiger charge is 2.11. The normalized spacial score (nSPS) is 15.9. The summed E-state index contributed by atoms with van der Waals surface area (Å²) < 4.78 is 15.2. The molecule has 0 fully saturated rings. The zero-order valence-electron chi connectivity index (χ0n) is 7.33. The molecule has 0 spiro atoms. The van der Waals surface area contributed by atoms with Crippen molar-refractivity contribution in [2.45, 2.75) is 39.0 Å². The first kappa shape index (κ1) is 12.6. The van der Waals surface area contributed by atoms with Crippen LogP contribution in [0, 0.1) is 0 Å². The predicted octanol–water partition coefficient (Wildman–Crippen LogP) is 3.47. The Bertz CT molecular complexity index is 146. The van der Waals surface area contributed by atoms with Gasteiger partial charge in [-0.25, -0.2) is 4.57 Å². The predicted molar refractivity (Wildman–Crippen MR) is 53.5 cm³/mol. The molecule has 0 aliphatic rings. The number of unbranched alkanes of at least 4 members (excludes halogenated alkanes) is 4. The van der Waals surface area contributed by atoms with Crippen LogP contribution in [0.3, 0.4) is 0 Å². The maximum atomic E-state index is 10.6. The van der Waals surface area contributed by atoms with Crippen LogP contribution in [-0.4, -0.2) is 11.5 Å². The molecule has 0 saturated heterocycles. The van der Waals surface area contributed by atoms with E-state index in [0.29, 0.717) is 6.61 Å². The molecular formula is C7H16BrO3P. The molecule has 0 heterocycles. The van der Waals surface area contributed by atoms with Gasteiger partial charge in [-0.05, 0) is 6.42 Å². The molecule has 0 aromatic rings. The van der Waals surface area contributed by atoms with Gasteiger partial charge in [0.2, 0.25) is 0 Å². The lowest BCUT2D eigenvalue weighted by molar-refractivity contribution is 0.269. The van der Waals surface area contributed by atoms with E-state index in [2.05, 4.69) is 26.9 Å². The molecule has 0 amide bonds. The van der Waals surface area contributed by atoms with Crippen LogP contribution in [0.5, 0.6) is 0 Å². The first-order valence-electron chi connectivity index (χ1n) is 4.23. The summed E-state index contributed by atoms with van der Waals surface area (Å²) in [5.74, 6) is 0. The minimum Gasteiger partial charge on any atom is -0.316 e. The second-order valence-electron chi connectivity index (χ2n) is 2.70. The Kier molecular flexibility index (Phi) is 7.45. The van der Waals surface area contributed by atoms with Crippen molar-refractivity contribution in [3.05, 3.63) is 0 Å². The van der Waals surface area contributed by atoms with Crippen LogP contribution in [0.1, 0.15) is 39.0 Å². The van der Waals surface area contributed by atoms with Crippen molar-refractivity contribution >= 4 is 21.8 Å². The monoisotopic (exact) mass is 258 g/mol. The number of hydrogen-bond acceptors (Lipinski definition) is 2. The number of rotatable bonds is 7. The molecule has 0 aliphatic carbocycles. The highest BCUT2D eigenvalue weighted by Crippen LogP contribution is 2.50. The Morgan fingerprint density at radius 1 is 1.33 bits per heavy atom. The van der Waals surface area contributed by atoms with E-state index in [4.69, 9.17) is 4.89 Å². The average Bonchev–Trinajstić information content (AvgIpc) is 1.94. The summed E-state index contributed by atoms with van der Waals surface area (Å²) in [6.07, 6.45) is 2.13. The Hall–Kier alpha value is 0.630. The molecule has 74 valence electrons. The standard InChI is InChI=1S/C7H16BrO3P/c1-2-3-4-5-6-7-11-12(8,9)10/h2-7H2,1H3,(H,9,10). The molecule has 1 unspecified atom stereocenters. The summed E-state index contributed by atoms with van der Waals surface area (Å²) in [5.41, 5.74) is 0. The summed E-state index contributed by atoms with van der Waals surface area (Å²) in [6, 6.07) is 0. The summed E-state index contributed by atoms with van der Waals surface area (Å²) >= 11 is 2.55. The number of hydrogen-bond donors (Lipinski definition) is 1. The van der Waals surface area contributed by atoms with Crippen LogP contribution in [0.4, 0.5) is 0 Å². The van der Waals surface area contributed by atoms with Crippen LogP contribution in [0.25, 0.3) is 0 Å². The second-order valence-corrected chi connectivity index (χ2v) is 6.55. The van der Waals surface area contributed by atoms with Crippen molar-refractivity contribution in [1.82, 2.24) is 0 Å². The van der Waals surface area contributed by atoms with Gasteiger partial charge in [-0.15, -0.1) is 0 Å². The van der Waals surface area contributed by atoms with Crippen molar-refractivity contribution in [2.24, 2.45) is 0 Å². The van der Waals surface area contributed by atoms with Crippen molar-refractivity contribution in [3.63, 3.8) is 0 Å². The molecule has 0 bridgehead atoms. The lowest BCUT2D eigenvalue weighted by atomic mass is 10.2. The van der Waals surface area contributed by atoms with Crippen LogP contribution >= 0.6 is 21.8 Å². The zero-order valence-corrected chi connectivity index (χ0v) is 9.81. The third-order valence-electron chi connectivity index (χ3n) is 1.50. The molecule has 0 aromatic carbocycles. The molecule has 3 nitrogen and oxygen atoms in total. The molecule has 0 aromatic heterocycles. The van der Waals surface area contributed by atoms with Gasteiger partial charge in [-0.1, -0.05) is 32.6 Å². The molecule has 0 rings (SSSR count). The van der Waals surface area contributed by atoms with E-state index >= 15 is 0 Å². The average molecular weight is 259 g/mol. The molecule has 0 radical (unpaired) electrons. The van der Waals surface area contributed by atoms with Gasteiger partial charge in [0.15, 0.2) is 0 Å². The highest BCUT2D eigenvalue weighted by atomic mass is 79.9. The Balaban J connectivity index is 3.06. The minimum absolute atomic E-state index is 0.364. The van der Waals surface area contributed by atoms with E-state index < -0.39 is 6.30 Å². The van der Waals surface area contributed by atoms with Gasteiger partial charge in [-0.2, -0.15) is 0 Å². The van der Waals surface area contributed by atoms with Gasteiger partial charge in [0.25, 0.3) is 0 Å². The maximum absolute atomic E-state index is 10.6. The van der Waals surface area contributed by atoms with Crippen molar-refractivity contribution < 1.29 is 14.0 Å². The fraction of sp³-hybridized carbons (Fsp3) is 1.00. The van der Waals surface area contributed by atoms with Gasteiger partial charge in [-0.3, -0.25) is 0 Å². The largest absolute Gasteiger partial charge is 0.393 e. The van der Waals surface area contributed by atoms with E-state index in [1.165, 1.54) is 19.3 Å². The van der Waals surface area contributed by atoms with Crippen LogP contribution in [0.15, 0.2) is 0 Å². The summed E-state index contributed by atoms with van der Waals surface area (Å²) in [7, 11) is 0. The second kappa shape index (κ2) is 7.07. The fourth-order valence-electron chi connectivity index (χ4n) is 0.883. The van der Waals surface area contributed by atoms with E-state index in [0.717, 1.165) is 12.8 Å². The maximum Gasteiger partial charge on any atom is 0.393 e. The summed E-state index contributed by atoms with van der Waals surface area (Å²) in [4.78, 5) is 8.67. The van der Waals surface area contributed by atoms with Crippen molar-refractivity contribution in [3.8, 4) is 0 Å². The molecule has 12 heavy (non-hydrogen) atoms. The van der Waals surface area contributed by atoms with Gasteiger partial charge in [0.1, 0.15) is 0 Å². The highest BCUT2D eigenvalue weighted by molar-refractivity contribution is 9.39. The Morgan fingerprint density at radius 3 is 2.42 bits per heavy atom. The van der Waals surface area contributed by atoms with Gasteiger partial charge >= 0.3 is 6.30 Å². The smallest absolute Gasteiger partial charge is 0.316 e. The van der Waals surface area contributed by atoms with Gasteiger partial charge in [0.05, 0.1) is 6.61 Å². The first-order valence-corrected chi connectivity index (χ1v) is 7.83. The molecule has 1 atom stereocenters. The van der Waals surface area contributed by atoms with Gasteiger partial charge < -0.3 is 9.42 Å². The molecule has 5 heteroatoms. The quantitative estimate of drug-likeness (QED) is 0.562. The van der Waals surface area contributed by atoms with Crippen LogP contribution < -0.4 is 0 Å². The van der Waals surface area contributed by atoms with E-state index in [1.807, 2.05) is 0 Å². The fourth-order valence-corrected chi connectivity index (χ4v) is 1.67. The lowest BCUT2D eigenvalue weighted by Gasteiger charge is -2.04. The van der Waals surface area contributed by atoms with Crippen LogP contribution in [0.2, 0.25) is 0 Å². The molecule has 1 N–H and O–H groups in total. The van der Waals surface area contributed by atoms with E-state index in [1.54, 1.807) is 0 Å². The van der Waals surface area contributed by atoms with Gasteiger partial charge in [0, 0.05) is 15.5 Å². The third-order valence-corrected chi connectivity index (χ3v) is 2.61. The summed E-state index contributed by atoms with van der Waals surface area (Å²) in [6.45, 7) is 2.51. The third kappa shape index (κ3) is 10.6. The molecule has 0 saturated carbocycles. The van der Waals surface area contributed by atoms with E-state index in [-0.39, 0.29) is 0 Å². The SMILES string of the molecule is CCCCCCCOP(=O)(O)Br.